The lowest BCUT2D eigenvalue weighted by Gasteiger charge is -2.34. The van der Waals surface area contributed by atoms with E-state index in [1.807, 2.05) is 23.6 Å². The fourth-order valence-electron chi connectivity index (χ4n) is 4.59. The van der Waals surface area contributed by atoms with Crippen LogP contribution in [0.3, 0.4) is 0 Å². The predicted molar refractivity (Wildman–Crippen MR) is 125 cm³/mol. The number of hydrogen-bond donors (Lipinski definition) is 0. The summed E-state index contributed by atoms with van der Waals surface area (Å²) < 4.78 is 13.4. The Labute approximate surface area is 190 Å². The normalized spacial score (nSPS) is 17.5. The van der Waals surface area contributed by atoms with Crippen LogP contribution in [-0.2, 0) is 16.0 Å². The van der Waals surface area contributed by atoms with Gasteiger partial charge in [-0.2, -0.15) is 0 Å². The van der Waals surface area contributed by atoms with E-state index in [2.05, 4.69) is 29.2 Å². The molecule has 0 unspecified atom stereocenters. The molecule has 0 bridgehead atoms. The summed E-state index contributed by atoms with van der Waals surface area (Å²) in [6.45, 7) is 1.47. The zero-order chi connectivity index (χ0) is 22.1. The number of thiophene rings is 1. The topological polar surface area (TPSA) is 40.6 Å². The van der Waals surface area contributed by atoms with Crippen molar-refractivity contribution < 1.29 is 14.0 Å². The lowest BCUT2D eigenvalue weighted by Crippen LogP contribution is -2.39. The molecule has 2 aliphatic heterocycles. The van der Waals surface area contributed by atoms with Gasteiger partial charge in [-0.3, -0.25) is 9.59 Å². The minimum atomic E-state index is -0.403. The van der Waals surface area contributed by atoms with Gasteiger partial charge in [0.05, 0.1) is 11.3 Å². The van der Waals surface area contributed by atoms with Gasteiger partial charge in [-0.15, -0.1) is 11.3 Å². The summed E-state index contributed by atoms with van der Waals surface area (Å²) in [5, 5.41) is 1.91. The molecule has 3 heterocycles. The molecule has 0 saturated carbocycles. The number of carbonyl (C=O) groups is 2. The van der Waals surface area contributed by atoms with Crippen molar-refractivity contribution in [3.05, 3.63) is 94.1 Å². The van der Waals surface area contributed by atoms with Crippen LogP contribution in [0.25, 0.3) is 5.57 Å². The Morgan fingerprint density at radius 1 is 0.875 bits per heavy atom. The van der Waals surface area contributed by atoms with E-state index in [-0.39, 0.29) is 11.8 Å². The first-order chi connectivity index (χ1) is 15.6. The van der Waals surface area contributed by atoms with Crippen molar-refractivity contribution in [2.45, 2.75) is 19.3 Å². The average Bonchev–Trinajstić information content (AvgIpc) is 3.42. The predicted octanol–water partition coefficient (Wildman–Crippen LogP) is 5.13. The van der Waals surface area contributed by atoms with Crippen LogP contribution in [0.15, 0.2) is 77.8 Å². The molecule has 0 spiro atoms. The lowest BCUT2D eigenvalue weighted by molar-refractivity contribution is -0.120. The standard InChI is InChI=1S/C26H23FN2O2S/c27-20-8-10-21(11-9-20)29-25(30)23(22-7-4-16-32-22)24(26(29)31)28-14-12-19(13-15-28)17-18-5-2-1-3-6-18/h1-11,16,19H,12-15,17H2. The summed E-state index contributed by atoms with van der Waals surface area (Å²) in [4.78, 5) is 30.9. The molecular weight excluding hydrogens is 423 g/mol. The second kappa shape index (κ2) is 8.71. The summed E-state index contributed by atoms with van der Waals surface area (Å²) in [5.41, 5.74) is 2.65. The summed E-state index contributed by atoms with van der Waals surface area (Å²) in [5.74, 6) is -0.517. The Bertz CT molecular complexity index is 1150. The molecule has 32 heavy (non-hydrogen) atoms. The third kappa shape index (κ3) is 3.86. The smallest absolute Gasteiger partial charge is 0.282 e. The summed E-state index contributed by atoms with van der Waals surface area (Å²) in [6.07, 6.45) is 2.96. The Morgan fingerprint density at radius 3 is 2.25 bits per heavy atom. The van der Waals surface area contributed by atoms with E-state index in [9.17, 15) is 14.0 Å². The highest BCUT2D eigenvalue weighted by Gasteiger charge is 2.43. The van der Waals surface area contributed by atoms with Gasteiger partial charge in [0.25, 0.3) is 11.8 Å². The minimum Gasteiger partial charge on any atom is -0.366 e. The summed E-state index contributed by atoms with van der Waals surface area (Å²) >= 11 is 1.45. The SMILES string of the molecule is O=C1C(c2cccs2)=C(N2CCC(Cc3ccccc3)CC2)C(=O)N1c1ccc(F)cc1. The van der Waals surface area contributed by atoms with Gasteiger partial charge in [0, 0.05) is 18.0 Å². The molecule has 4 nitrogen and oxygen atoms in total. The number of hydrogen-bond acceptors (Lipinski definition) is 4. The number of anilines is 1. The molecule has 6 heteroatoms. The van der Waals surface area contributed by atoms with Crippen molar-refractivity contribution in [3.63, 3.8) is 0 Å². The molecule has 1 saturated heterocycles. The molecule has 1 aromatic heterocycles. The van der Waals surface area contributed by atoms with Gasteiger partial charge in [-0.05, 0) is 66.5 Å². The van der Waals surface area contributed by atoms with E-state index in [0.29, 0.717) is 22.9 Å². The van der Waals surface area contributed by atoms with Gasteiger partial charge in [-0.25, -0.2) is 9.29 Å². The van der Waals surface area contributed by atoms with E-state index in [0.717, 1.165) is 37.2 Å². The third-order valence-electron chi connectivity index (χ3n) is 6.21. The van der Waals surface area contributed by atoms with E-state index >= 15 is 0 Å². The van der Waals surface area contributed by atoms with Crippen molar-refractivity contribution in [2.24, 2.45) is 5.92 Å². The number of rotatable bonds is 5. The van der Waals surface area contributed by atoms with Gasteiger partial charge in [0.1, 0.15) is 11.5 Å². The van der Waals surface area contributed by atoms with Crippen molar-refractivity contribution in [3.8, 4) is 0 Å². The highest BCUT2D eigenvalue weighted by atomic mass is 32.1. The first-order valence-corrected chi connectivity index (χ1v) is 11.7. The molecule has 2 amide bonds. The molecule has 0 aliphatic carbocycles. The number of amides is 2. The van der Waals surface area contributed by atoms with Gasteiger partial charge >= 0.3 is 0 Å². The Balaban J connectivity index is 1.41. The van der Waals surface area contributed by atoms with Crippen LogP contribution in [-0.4, -0.2) is 29.8 Å². The molecule has 2 aliphatic rings. The van der Waals surface area contributed by atoms with Gasteiger partial charge < -0.3 is 4.90 Å². The van der Waals surface area contributed by atoms with Crippen LogP contribution in [0.2, 0.25) is 0 Å². The second-order valence-corrected chi connectivity index (χ2v) is 9.19. The quantitative estimate of drug-likeness (QED) is 0.511. The number of nitrogens with zero attached hydrogens (tertiary/aromatic N) is 2. The molecule has 3 aromatic rings. The molecule has 162 valence electrons. The van der Waals surface area contributed by atoms with E-state index in [1.54, 1.807) is 0 Å². The largest absolute Gasteiger partial charge is 0.366 e. The van der Waals surface area contributed by atoms with Crippen LogP contribution in [0.5, 0.6) is 0 Å². The van der Waals surface area contributed by atoms with E-state index in [4.69, 9.17) is 0 Å². The van der Waals surface area contributed by atoms with E-state index in [1.165, 1.54) is 46.1 Å². The highest BCUT2D eigenvalue weighted by Crippen LogP contribution is 2.38. The highest BCUT2D eigenvalue weighted by molar-refractivity contribution is 7.11. The van der Waals surface area contributed by atoms with Crippen molar-refractivity contribution in [1.82, 2.24) is 4.90 Å². The molecule has 0 atom stereocenters. The minimum absolute atomic E-state index is 0.327. The van der Waals surface area contributed by atoms with Gasteiger partial charge in [0.15, 0.2) is 0 Å². The molecule has 2 aromatic carbocycles. The van der Waals surface area contributed by atoms with Gasteiger partial charge in [-0.1, -0.05) is 36.4 Å². The first kappa shape index (κ1) is 20.6. The average molecular weight is 447 g/mol. The molecule has 1 fully saturated rings. The fourth-order valence-corrected chi connectivity index (χ4v) is 5.35. The third-order valence-corrected chi connectivity index (χ3v) is 7.10. The number of benzene rings is 2. The Hall–Kier alpha value is -3.25. The summed E-state index contributed by atoms with van der Waals surface area (Å²) in [6, 6.07) is 19.7. The van der Waals surface area contributed by atoms with Crippen LogP contribution in [0.1, 0.15) is 23.3 Å². The summed E-state index contributed by atoms with van der Waals surface area (Å²) in [7, 11) is 0. The zero-order valence-electron chi connectivity index (χ0n) is 17.5. The Kier molecular flexibility index (Phi) is 5.62. The Morgan fingerprint density at radius 2 is 1.59 bits per heavy atom. The molecular formula is C26H23FN2O2S. The number of imide groups is 1. The monoisotopic (exact) mass is 446 g/mol. The zero-order valence-corrected chi connectivity index (χ0v) is 18.4. The maximum atomic E-state index is 13.5. The molecule has 5 rings (SSSR count). The van der Waals surface area contributed by atoms with Crippen molar-refractivity contribution in [1.29, 1.82) is 0 Å². The molecule has 0 radical (unpaired) electrons. The van der Waals surface area contributed by atoms with Crippen LogP contribution >= 0.6 is 11.3 Å². The van der Waals surface area contributed by atoms with Gasteiger partial charge in [0.2, 0.25) is 0 Å². The second-order valence-electron chi connectivity index (χ2n) is 8.24. The number of carbonyl (C=O) groups excluding carboxylic acids is 2. The number of piperidine rings is 1. The van der Waals surface area contributed by atoms with Crippen LogP contribution in [0.4, 0.5) is 10.1 Å². The molecule has 0 N–H and O–H groups in total. The first-order valence-electron chi connectivity index (χ1n) is 10.8. The number of halogens is 1. The fraction of sp³-hybridized carbons (Fsp3) is 0.231. The lowest BCUT2D eigenvalue weighted by atomic mass is 9.90. The van der Waals surface area contributed by atoms with Crippen molar-refractivity contribution in [2.75, 3.05) is 18.0 Å². The maximum absolute atomic E-state index is 13.5. The van der Waals surface area contributed by atoms with Crippen LogP contribution in [0, 0.1) is 11.7 Å². The maximum Gasteiger partial charge on any atom is 0.282 e. The van der Waals surface area contributed by atoms with Crippen molar-refractivity contribution >= 4 is 34.4 Å². The number of likely N-dealkylation sites (tertiary alicyclic amines) is 1. The van der Waals surface area contributed by atoms with E-state index < -0.39 is 5.82 Å². The van der Waals surface area contributed by atoms with Crippen LogP contribution < -0.4 is 4.90 Å².